The first-order chi connectivity index (χ1) is 18.5. The van der Waals surface area contributed by atoms with Crippen molar-refractivity contribution in [3.63, 3.8) is 0 Å². The third kappa shape index (κ3) is 4.15. The molecular weight excluding hydrogens is 481 g/mol. The number of aliphatic hydroxyl groups excluding tert-OH is 1. The van der Waals surface area contributed by atoms with E-state index >= 15 is 0 Å². The molecule has 8 heteroatoms. The zero-order valence-corrected chi connectivity index (χ0v) is 22.0. The van der Waals surface area contributed by atoms with Crippen molar-refractivity contribution in [2.75, 3.05) is 13.2 Å². The Hall–Kier alpha value is -2.45. The van der Waals surface area contributed by atoms with E-state index < -0.39 is 6.10 Å². The summed E-state index contributed by atoms with van der Waals surface area (Å²) in [5, 5.41) is 21.5. The minimum absolute atomic E-state index is 0.0805. The first-order valence-electron chi connectivity index (χ1n) is 14.7. The highest BCUT2D eigenvalue weighted by atomic mass is 19.1. The van der Waals surface area contributed by atoms with Gasteiger partial charge in [0.2, 0.25) is 0 Å². The van der Waals surface area contributed by atoms with Crippen LogP contribution in [0.1, 0.15) is 75.8 Å². The normalized spacial score (nSPS) is 33.8. The van der Waals surface area contributed by atoms with Gasteiger partial charge in [0.15, 0.2) is 0 Å². The summed E-state index contributed by atoms with van der Waals surface area (Å²) >= 11 is 0. The van der Waals surface area contributed by atoms with Crippen molar-refractivity contribution in [2.24, 2.45) is 29.1 Å². The number of imidazole rings is 1. The molecule has 2 amide bonds. The number of nitrogens with zero attached hydrogens (tertiary/aromatic N) is 2. The summed E-state index contributed by atoms with van der Waals surface area (Å²) in [6, 6.07) is 5.33. The van der Waals surface area contributed by atoms with Gasteiger partial charge in [-0.05, 0) is 86.5 Å². The van der Waals surface area contributed by atoms with E-state index in [0.29, 0.717) is 48.4 Å². The van der Waals surface area contributed by atoms with E-state index in [0.717, 1.165) is 37.1 Å². The van der Waals surface area contributed by atoms with Gasteiger partial charge in [0.05, 0.1) is 37.0 Å². The standard InChI is InChI=1S/C30H40FN5O2/c31-23-7-3-6-22-25-15-32-17-36(25)24(27(22)23)10-26(37)30-11-19-8-20(12-30)28(21(9-19)13-30)34-16-35-29(38)33-14-18-4-1-2-5-18/h3,6-7,15,17-21,24,26,28,34,37H,1-2,4-5,8-14,16H2,(H2,33,35,38). The largest absolute Gasteiger partial charge is 0.392 e. The predicted octanol–water partition coefficient (Wildman–Crippen LogP) is 4.57. The second kappa shape index (κ2) is 9.63. The van der Waals surface area contributed by atoms with Crippen molar-refractivity contribution in [2.45, 2.75) is 82.4 Å². The fraction of sp³-hybridized carbons (Fsp3) is 0.667. The van der Waals surface area contributed by atoms with Crippen molar-refractivity contribution in [3.8, 4) is 11.3 Å². The average molecular weight is 522 g/mol. The zero-order valence-electron chi connectivity index (χ0n) is 22.0. The second-order valence-corrected chi connectivity index (χ2v) is 12.9. The number of halogens is 1. The number of urea groups is 1. The topological polar surface area (TPSA) is 91.2 Å². The Morgan fingerprint density at radius 1 is 1.16 bits per heavy atom. The van der Waals surface area contributed by atoms with Crippen LogP contribution in [0.15, 0.2) is 30.7 Å². The molecule has 1 aromatic heterocycles. The number of carbonyl (C=O) groups is 1. The molecule has 38 heavy (non-hydrogen) atoms. The van der Waals surface area contributed by atoms with Gasteiger partial charge >= 0.3 is 6.03 Å². The Morgan fingerprint density at radius 3 is 2.74 bits per heavy atom. The number of rotatable bonds is 8. The number of fused-ring (bicyclic) bond motifs is 3. The summed E-state index contributed by atoms with van der Waals surface area (Å²) in [5.41, 5.74) is 2.43. The summed E-state index contributed by atoms with van der Waals surface area (Å²) < 4.78 is 17.0. The average Bonchev–Trinajstić information content (AvgIpc) is 3.64. The molecule has 5 aliphatic carbocycles. The molecule has 0 saturated heterocycles. The van der Waals surface area contributed by atoms with Gasteiger partial charge in [0, 0.05) is 23.7 Å². The third-order valence-electron chi connectivity index (χ3n) is 10.8. The van der Waals surface area contributed by atoms with Crippen LogP contribution in [0.5, 0.6) is 0 Å². The van der Waals surface area contributed by atoms with Crippen LogP contribution in [0.2, 0.25) is 0 Å². The first-order valence-corrected chi connectivity index (χ1v) is 14.7. The predicted molar refractivity (Wildman–Crippen MR) is 143 cm³/mol. The molecular formula is C30H40FN5O2. The van der Waals surface area contributed by atoms with Crippen molar-refractivity contribution in [1.29, 1.82) is 0 Å². The summed E-state index contributed by atoms with van der Waals surface area (Å²) in [4.78, 5) is 16.6. The molecule has 4 atom stereocenters. The van der Waals surface area contributed by atoms with E-state index in [2.05, 4.69) is 20.9 Å². The minimum Gasteiger partial charge on any atom is -0.392 e. The Balaban J connectivity index is 0.990. The third-order valence-corrected chi connectivity index (χ3v) is 10.8. The Kier molecular flexibility index (Phi) is 6.23. The van der Waals surface area contributed by atoms with Crippen LogP contribution in [0.4, 0.5) is 9.18 Å². The van der Waals surface area contributed by atoms with Crippen LogP contribution in [-0.2, 0) is 0 Å². The lowest BCUT2D eigenvalue weighted by Crippen LogP contribution is -2.62. The van der Waals surface area contributed by atoms with Gasteiger partial charge in [-0.1, -0.05) is 25.0 Å². The van der Waals surface area contributed by atoms with Crippen LogP contribution in [-0.4, -0.2) is 46.0 Å². The molecule has 204 valence electrons. The van der Waals surface area contributed by atoms with Crippen molar-refractivity contribution >= 4 is 6.03 Å². The number of hydrogen-bond acceptors (Lipinski definition) is 4. The van der Waals surface area contributed by atoms with Gasteiger partial charge in [-0.15, -0.1) is 0 Å². The zero-order chi connectivity index (χ0) is 25.9. The molecule has 1 aliphatic heterocycles. The SMILES string of the molecule is O=C(NCNC1C2CC3CC1CC(C(O)CC1c4c(F)cccc4-c4cncn41)(C3)C2)NCC1CCCC1. The molecule has 5 fully saturated rings. The molecule has 2 heterocycles. The number of benzene rings is 1. The van der Waals surface area contributed by atoms with Gasteiger partial charge in [-0.2, -0.15) is 0 Å². The monoisotopic (exact) mass is 521 g/mol. The van der Waals surface area contributed by atoms with Gasteiger partial charge < -0.3 is 20.3 Å². The highest BCUT2D eigenvalue weighted by Crippen LogP contribution is 2.62. The number of aromatic nitrogens is 2. The molecule has 1 aromatic carbocycles. The van der Waals surface area contributed by atoms with Crippen LogP contribution in [0.25, 0.3) is 11.3 Å². The lowest BCUT2D eigenvalue weighted by Gasteiger charge is -2.61. The summed E-state index contributed by atoms with van der Waals surface area (Å²) in [7, 11) is 0. The Bertz CT molecular complexity index is 1180. The lowest BCUT2D eigenvalue weighted by atomic mass is 9.46. The fourth-order valence-corrected chi connectivity index (χ4v) is 9.28. The van der Waals surface area contributed by atoms with Crippen molar-refractivity contribution < 1.29 is 14.3 Å². The molecule has 0 spiro atoms. The molecule has 8 rings (SSSR count). The minimum atomic E-state index is -0.484. The molecule has 2 aromatic rings. The van der Waals surface area contributed by atoms with Gasteiger partial charge in [-0.25, -0.2) is 14.2 Å². The fourth-order valence-electron chi connectivity index (χ4n) is 9.28. The number of hydrogen-bond donors (Lipinski definition) is 4. The number of aliphatic hydroxyl groups is 1. The van der Waals surface area contributed by atoms with Crippen LogP contribution >= 0.6 is 0 Å². The molecule has 4 bridgehead atoms. The maximum absolute atomic E-state index is 15.0. The quantitative estimate of drug-likeness (QED) is 0.383. The maximum atomic E-state index is 15.0. The number of amides is 2. The molecule has 5 saturated carbocycles. The molecule has 4 N–H and O–H groups in total. The number of nitrogens with one attached hydrogen (secondary N) is 3. The first kappa shape index (κ1) is 24.6. The van der Waals surface area contributed by atoms with Crippen LogP contribution in [0.3, 0.4) is 0 Å². The van der Waals surface area contributed by atoms with Crippen molar-refractivity contribution in [1.82, 2.24) is 25.5 Å². The Morgan fingerprint density at radius 2 is 1.95 bits per heavy atom. The maximum Gasteiger partial charge on any atom is 0.315 e. The molecule has 6 aliphatic rings. The van der Waals surface area contributed by atoms with E-state index in [1.54, 1.807) is 18.6 Å². The Labute approximate surface area is 224 Å². The molecule has 7 nitrogen and oxygen atoms in total. The summed E-state index contributed by atoms with van der Waals surface area (Å²) in [5.74, 6) is 2.11. The van der Waals surface area contributed by atoms with Crippen LogP contribution < -0.4 is 16.0 Å². The summed E-state index contributed by atoms with van der Waals surface area (Å²) in [6.45, 7) is 1.26. The lowest BCUT2D eigenvalue weighted by molar-refractivity contribution is -0.137. The van der Waals surface area contributed by atoms with E-state index in [9.17, 15) is 14.3 Å². The van der Waals surface area contributed by atoms with Crippen molar-refractivity contribution in [3.05, 3.63) is 42.1 Å². The van der Waals surface area contributed by atoms with E-state index in [4.69, 9.17) is 0 Å². The van der Waals surface area contributed by atoms with E-state index in [1.165, 1.54) is 44.6 Å². The summed E-state index contributed by atoms with van der Waals surface area (Å²) in [6.07, 6.45) is 14.1. The smallest absolute Gasteiger partial charge is 0.315 e. The molecule has 0 radical (unpaired) electrons. The van der Waals surface area contributed by atoms with Gasteiger partial charge in [0.1, 0.15) is 5.82 Å². The highest BCUT2D eigenvalue weighted by Gasteiger charge is 2.58. The van der Waals surface area contributed by atoms with Gasteiger partial charge in [0.25, 0.3) is 0 Å². The van der Waals surface area contributed by atoms with E-state index in [1.807, 2.05) is 10.6 Å². The molecule has 4 unspecified atom stereocenters. The van der Waals surface area contributed by atoms with Gasteiger partial charge in [-0.3, -0.25) is 5.32 Å². The van der Waals surface area contributed by atoms with Crippen LogP contribution in [0, 0.1) is 34.9 Å². The number of carbonyl (C=O) groups excluding carboxylic acids is 1. The van der Waals surface area contributed by atoms with E-state index in [-0.39, 0.29) is 23.3 Å². The second-order valence-electron chi connectivity index (χ2n) is 12.9. The highest BCUT2D eigenvalue weighted by molar-refractivity contribution is 5.73.